The Morgan fingerprint density at radius 2 is 1.89 bits per heavy atom. The van der Waals surface area contributed by atoms with Crippen molar-refractivity contribution in [3.63, 3.8) is 0 Å². The van der Waals surface area contributed by atoms with E-state index in [4.69, 9.17) is 0 Å². The maximum absolute atomic E-state index is 11.4. The zero-order valence-electron chi connectivity index (χ0n) is 11.3. The number of para-hydroxylation sites is 1. The van der Waals surface area contributed by atoms with Gasteiger partial charge in [0.15, 0.2) is 0 Å². The van der Waals surface area contributed by atoms with Gasteiger partial charge in [0.2, 0.25) is 0 Å². The molecule has 0 aliphatic heterocycles. The van der Waals surface area contributed by atoms with Gasteiger partial charge in [0.1, 0.15) is 0 Å². The van der Waals surface area contributed by atoms with E-state index >= 15 is 0 Å². The molecule has 0 amide bonds. The van der Waals surface area contributed by atoms with E-state index in [1.54, 1.807) is 13.8 Å². The minimum Gasteiger partial charge on any atom is -0.481 e. The van der Waals surface area contributed by atoms with E-state index in [-0.39, 0.29) is 0 Å². The number of aliphatic carboxylic acids is 1. The highest BCUT2D eigenvalue weighted by Crippen LogP contribution is 2.33. The Kier molecular flexibility index (Phi) is 2.93. The Bertz CT molecular complexity index is 594. The summed E-state index contributed by atoms with van der Waals surface area (Å²) in [5, 5.41) is 10.4. The third-order valence-corrected chi connectivity index (χ3v) is 3.50. The summed E-state index contributed by atoms with van der Waals surface area (Å²) in [5.41, 5.74) is 1.09. The van der Waals surface area contributed by atoms with Crippen LogP contribution in [0.25, 0.3) is 10.9 Å². The van der Waals surface area contributed by atoms with Crippen LogP contribution in [0, 0.1) is 0 Å². The van der Waals surface area contributed by atoms with Crippen LogP contribution in [-0.2, 0) is 10.2 Å². The van der Waals surface area contributed by atoms with E-state index < -0.39 is 11.4 Å². The third kappa shape index (κ3) is 1.80. The van der Waals surface area contributed by atoms with Crippen LogP contribution < -0.4 is 0 Å². The second kappa shape index (κ2) is 4.16. The van der Waals surface area contributed by atoms with E-state index in [0.717, 1.165) is 16.5 Å². The average Bonchev–Trinajstić information content (AvgIpc) is 2.68. The van der Waals surface area contributed by atoms with Gasteiger partial charge in [0.05, 0.1) is 5.41 Å². The molecule has 3 heteroatoms. The predicted octanol–water partition coefficient (Wildman–Crippen LogP) is 3.58. The van der Waals surface area contributed by atoms with E-state index in [9.17, 15) is 9.90 Å². The Labute approximate surface area is 107 Å². The molecule has 0 radical (unpaired) electrons. The van der Waals surface area contributed by atoms with E-state index in [2.05, 4.69) is 18.4 Å². The van der Waals surface area contributed by atoms with Crippen LogP contribution in [0.4, 0.5) is 0 Å². The van der Waals surface area contributed by atoms with Gasteiger partial charge >= 0.3 is 5.97 Å². The third-order valence-electron chi connectivity index (χ3n) is 3.50. The smallest absolute Gasteiger partial charge is 0.313 e. The summed E-state index contributed by atoms with van der Waals surface area (Å²) in [7, 11) is 0. The van der Waals surface area contributed by atoms with Crippen LogP contribution in [0.15, 0.2) is 30.5 Å². The number of carboxylic acids is 1. The standard InChI is InChI=1S/C15H19NO2/c1-10(2)16-9-12(15(3,4)14(17)18)11-7-5-6-8-13(11)16/h5-10H,1-4H3,(H,17,18). The zero-order chi connectivity index (χ0) is 13.5. The number of carboxylic acid groups (broad SMARTS) is 1. The summed E-state index contributed by atoms with van der Waals surface area (Å²) in [6.45, 7) is 7.71. The molecule has 1 N–H and O–H groups in total. The molecule has 1 aromatic carbocycles. The highest BCUT2D eigenvalue weighted by molar-refractivity contribution is 5.92. The molecule has 18 heavy (non-hydrogen) atoms. The molecule has 0 atom stereocenters. The van der Waals surface area contributed by atoms with Gasteiger partial charge in [-0.25, -0.2) is 0 Å². The van der Waals surface area contributed by atoms with Crippen molar-refractivity contribution in [3.8, 4) is 0 Å². The molecule has 96 valence electrons. The van der Waals surface area contributed by atoms with Gasteiger partial charge in [-0.1, -0.05) is 18.2 Å². The van der Waals surface area contributed by atoms with Gasteiger partial charge in [0.25, 0.3) is 0 Å². The molecule has 0 saturated heterocycles. The molecule has 0 unspecified atom stereocenters. The molecule has 0 aliphatic carbocycles. The van der Waals surface area contributed by atoms with Gasteiger partial charge in [0, 0.05) is 23.1 Å². The topological polar surface area (TPSA) is 42.2 Å². The summed E-state index contributed by atoms with van der Waals surface area (Å²) in [6, 6.07) is 8.28. The molecule has 0 saturated carbocycles. The van der Waals surface area contributed by atoms with E-state index in [1.165, 1.54) is 0 Å². The maximum Gasteiger partial charge on any atom is 0.313 e. The Hall–Kier alpha value is -1.77. The van der Waals surface area contributed by atoms with Gasteiger partial charge in [-0.05, 0) is 39.3 Å². The van der Waals surface area contributed by atoms with Crippen molar-refractivity contribution in [1.82, 2.24) is 4.57 Å². The van der Waals surface area contributed by atoms with Gasteiger partial charge in [-0.2, -0.15) is 0 Å². The molecule has 0 fully saturated rings. The first-order valence-electron chi connectivity index (χ1n) is 6.19. The zero-order valence-corrected chi connectivity index (χ0v) is 11.3. The Morgan fingerprint density at radius 3 is 2.44 bits per heavy atom. The van der Waals surface area contributed by atoms with Crippen molar-refractivity contribution >= 4 is 16.9 Å². The first-order chi connectivity index (χ1) is 8.35. The van der Waals surface area contributed by atoms with Crippen LogP contribution in [0.3, 0.4) is 0 Å². The van der Waals surface area contributed by atoms with Crippen molar-refractivity contribution in [3.05, 3.63) is 36.0 Å². The quantitative estimate of drug-likeness (QED) is 0.898. The summed E-state index contributed by atoms with van der Waals surface area (Å²) in [6.07, 6.45) is 1.98. The number of carbonyl (C=O) groups is 1. The summed E-state index contributed by atoms with van der Waals surface area (Å²) < 4.78 is 2.13. The number of benzene rings is 1. The highest BCUT2D eigenvalue weighted by Gasteiger charge is 2.32. The number of fused-ring (bicyclic) bond motifs is 1. The fraction of sp³-hybridized carbons (Fsp3) is 0.400. The number of nitrogens with zero attached hydrogens (tertiary/aromatic N) is 1. The normalized spacial score (nSPS) is 12.3. The van der Waals surface area contributed by atoms with Gasteiger partial charge in [-0.15, -0.1) is 0 Å². The minimum atomic E-state index is -0.875. The molecule has 3 nitrogen and oxygen atoms in total. The SMILES string of the molecule is CC(C)n1cc(C(C)(C)C(=O)O)c2ccccc21. The summed E-state index contributed by atoms with van der Waals surface area (Å²) in [5.74, 6) is -0.797. The highest BCUT2D eigenvalue weighted by atomic mass is 16.4. The number of hydrogen-bond acceptors (Lipinski definition) is 1. The van der Waals surface area contributed by atoms with Crippen LogP contribution in [0.5, 0.6) is 0 Å². The lowest BCUT2D eigenvalue weighted by Crippen LogP contribution is -2.28. The fourth-order valence-corrected chi connectivity index (χ4v) is 2.25. The van der Waals surface area contributed by atoms with Crippen LogP contribution in [0.2, 0.25) is 0 Å². The van der Waals surface area contributed by atoms with Crippen molar-refractivity contribution in [2.75, 3.05) is 0 Å². The first-order valence-corrected chi connectivity index (χ1v) is 6.19. The molecule has 0 aliphatic rings. The second-order valence-electron chi connectivity index (χ2n) is 5.49. The molecule has 1 heterocycles. The lowest BCUT2D eigenvalue weighted by molar-refractivity contribution is -0.142. The summed E-state index contributed by atoms with van der Waals surface area (Å²) in [4.78, 5) is 11.4. The monoisotopic (exact) mass is 245 g/mol. The molecular weight excluding hydrogens is 226 g/mol. The molecule has 0 bridgehead atoms. The second-order valence-corrected chi connectivity index (χ2v) is 5.49. The average molecular weight is 245 g/mol. The van der Waals surface area contributed by atoms with Crippen molar-refractivity contribution in [1.29, 1.82) is 0 Å². The summed E-state index contributed by atoms with van der Waals surface area (Å²) >= 11 is 0. The van der Waals surface area contributed by atoms with E-state index in [0.29, 0.717) is 6.04 Å². The molecular formula is C15H19NO2. The van der Waals surface area contributed by atoms with Crippen molar-refractivity contribution in [2.45, 2.75) is 39.2 Å². The number of rotatable bonds is 3. The molecule has 0 spiro atoms. The van der Waals surface area contributed by atoms with Crippen molar-refractivity contribution in [2.24, 2.45) is 0 Å². The van der Waals surface area contributed by atoms with Crippen molar-refractivity contribution < 1.29 is 9.90 Å². The predicted molar refractivity (Wildman–Crippen MR) is 73.0 cm³/mol. The lowest BCUT2D eigenvalue weighted by Gasteiger charge is -2.18. The first kappa shape index (κ1) is 12.7. The largest absolute Gasteiger partial charge is 0.481 e. The van der Waals surface area contributed by atoms with Gasteiger partial charge in [-0.3, -0.25) is 4.79 Å². The maximum atomic E-state index is 11.4. The minimum absolute atomic E-state index is 0.313. The lowest BCUT2D eigenvalue weighted by atomic mass is 9.85. The molecule has 2 aromatic rings. The Balaban J connectivity index is 2.77. The van der Waals surface area contributed by atoms with Gasteiger partial charge < -0.3 is 9.67 Å². The number of hydrogen-bond donors (Lipinski definition) is 1. The van der Waals surface area contributed by atoms with Crippen LogP contribution in [-0.4, -0.2) is 15.6 Å². The Morgan fingerprint density at radius 1 is 1.28 bits per heavy atom. The van der Waals surface area contributed by atoms with E-state index in [1.807, 2.05) is 30.5 Å². The van der Waals surface area contributed by atoms with Crippen LogP contribution >= 0.6 is 0 Å². The van der Waals surface area contributed by atoms with Crippen LogP contribution in [0.1, 0.15) is 39.3 Å². The number of aromatic nitrogens is 1. The fourth-order valence-electron chi connectivity index (χ4n) is 2.25. The molecule has 2 rings (SSSR count). The molecule has 1 aromatic heterocycles.